The number of fused-ring (bicyclic) bond motifs is 2. The molecule has 3 nitrogen and oxygen atoms in total. The molecule has 0 unspecified atom stereocenters. The first kappa shape index (κ1) is 8.48. The number of likely N-dealkylation sites (N-methyl/N-ethyl adjacent to an activating group) is 1. The molecule has 2 bridgehead atoms. The van der Waals surface area contributed by atoms with Crippen LogP contribution in [0.25, 0.3) is 0 Å². The number of aliphatic hydroxyl groups excluding tert-OH is 1. The fraction of sp³-hybridized carbons (Fsp3) is 1.00. The fourth-order valence-corrected chi connectivity index (χ4v) is 2.74. The summed E-state index contributed by atoms with van der Waals surface area (Å²) in [5.74, 6) is 0. The van der Waals surface area contributed by atoms with Crippen molar-refractivity contribution in [2.24, 2.45) is 0 Å². The Morgan fingerprint density at radius 3 is 2.67 bits per heavy atom. The van der Waals surface area contributed by atoms with E-state index in [4.69, 9.17) is 4.74 Å². The fourth-order valence-electron chi connectivity index (χ4n) is 2.74. The number of hydrogen-bond acceptors (Lipinski definition) is 3. The van der Waals surface area contributed by atoms with Crippen molar-refractivity contribution < 1.29 is 9.84 Å². The van der Waals surface area contributed by atoms with E-state index in [1.165, 1.54) is 0 Å². The number of hydrogen-bond donors (Lipinski definition) is 1. The van der Waals surface area contributed by atoms with Crippen molar-refractivity contribution in [1.29, 1.82) is 0 Å². The third kappa shape index (κ3) is 0.817. The van der Waals surface area contributed by atoms with E-state index in [1.54, 1.807) is 0 Å². The van der Waals surface area contributed by atoms with Crippen LogP contribution in [0, 0.1) is 0 Å². The molecule has 2 aliphatic rings. The van der Waals surface area contributed by atoms with E-state index in [0.29, 0.717) is 0 Å². The first-order valence-corrected chi connectivity index (χ1v) is 4.67. The molecule has 12 heavy (non-hydrogen) atoms. The summed E-state index contributed by atoms with van der Waals surface area (Å²) in [6, 6.07) is 0.213. The zero-order valence-corrected chi connectivity index (χ0v) is 7.95. The molecule has 1 N–H and O–H groups in total. The minimum atomic E-state index is -0.289. The van der Waals surface area contributed by atoms with Gasteiger partial charge in [0.15, 0.2) is 0 Å². The van der Waals surface area contributed by atoms with Gasteiger partial charge in [-0.2, -0.15) is 0 Å². The molecular formula is C9H17NO2. The number of ether oxygens (including phenoxy) is 1. The first-order chi connectivity index (χ1) is 5.60. The maximum Gasteiger partial charge on any atom is 0.108 e. The predicted octanol–water partition coefficient (Wildman–Crippen LogP) is 0.229. The van der Waals surface area contributed by atoms with Gasteiger partial charge >= 0.3 is 0 Å². The molecule has 0 aliphatic carbocycles. The van der Waals surface area contributed by atoms with Gasteiger partial charge in [-0.05, 0) is 20.4 Å². The van der Waals surface area contributed by atoms with Crippen LogP contribution < -0.4 is 0 Å². The quantitative estimate of drug-likeness (QED) is 0.613. The van der Waals surface area contributed by atoms with Gasteiger partial charge in [0.2, 0.25) is 0 Å². The lowest BCUT2D eigenvalue weighted by atomic mass is 9.96. The molecule has 2 heterocycles. The van der Waals surface area contributed by atoms with Gasteiger partial charge in [-0.1, -0.05) is 6.92 Å². The lowest BCUT2D eigenvalue weighted by molar-refractivity contribution is -0.0984. The van der Waals surface area contributed by atoms with Gasteiger partial charge in [0.25, 0.3) is 0 Å². The Balaban J connectivity index is 2.28. The van der Waals surface area contributed by atoms with Crippen molar-refractivity contribution in [3.8, 4) is 0 Å². The Morgan fingerprint density at radius 2 is 2.33 bits per heavy atom. The summed E-state index contributed by atoms with van der Waals surface area (Å²) in [7, 11) is 2.06. The smallest absolute Gasteiger partial charge is 0.108 e. The number of aliphatic hydroxyl groups is 1. The normalized spacial score (nSPS) is 53.5. The highest BCUT2D eigenvalue weighted by Gasteiger charge is 2.59. The summed E-state index contributed by atoms with van der Waals surface area (Å²) >= 11 is 0. The summed E-state index contributed by atoms with van der Waals surface area (Å²) in [5.41, 5.74) is -0.265. The zero-order valence-electron chi connectivity index (χ0n) is 7.95. The van der Waals surface area contributed by atoms with Crippen LogP contribution in [0.2, 0.25) is 0 Å². The van der Waals surface area contributed by atoms with E-state index in [0.717, 1.165) is 13.0 Å². The number of morpholine rings is 1. The number of likely N-dealkylation sites (tertiary alicyclic amines) is 1. The monoisotopic (exact) mass is 171 g/mol. The number of rotatable bonds is 1. The van der Waals surface area contributed by atoms with E-state index in [2.05, 4.69) is 18.9 Å². The lowest BCUT2D eigenvalue weighted by Gasteiger charge is -2.33. The Morgan fingerprint density at radius 1 is 1.67 bits per heavy atom. The summed E-state index contributed by atoms with van der Waals surface area (Å²) in [6.45, 7) is 5.00. The van der Waals surface area contributed by atoms with Crippen molar-refractivity contribution in [3.63, 3.8) is 0 Å². The highest BCUT2D eigenvalue weighted by molar-refractivity contribution is 5.11. The molecule has 4 atom stereocenters. The van der Waals surface area contributed by atoms with E-state index in [9.17, 15) is 5.11 Å². The maximum atomic E-state index is 9.95. The van der Waals surface area contributed by atoms with Gasteiger partial charge in [-0.15, -0.1) is 0 Å². The first-order valence-electron chi connectivity index (χ1n) is 4.67. The molecule has 2 saturated heterocycles. The van der Waals surface area contributed by atoms with Crippen LogP contribution in [0.15, 0.2) is 0 Å². The van der Waals surface area contributed by atoms with Gasteiger partial charge < -0.3 is 9.84 Å². The largest absolute Gasteiger partial charge is 0.388 e. The summed E-state index contributed by atoms with van der Waals surface area (Å²) < 4.78 is 5.79. The third-order valence-corrected chi connectivity index (χ3v) is 3.39. The summed E-state index contributed by atoms with van der Waals surface area (Å²) in [6.07, 6.45) is 0.792. The Labute approximate surface area is 73.3 Å². The second-order valence-corrected chi connectivity index (χ2v) is 4.09. The van der Waals surface area contributed by atoms with Gasteiger partial charge in [-0.3, -0.25) is 4.90 Å². The topological polar surface area (TPSA) is 32.7 Å². The lowest BCUT2D eigenvalue weighted by Crippen LogP contribution is -2.44. The molecule has 2 rings (SSSR count). The van der Waals surface area contributed by atoms with Gasteiger partial charge in [-0.25, -0.2) is 0 Å². The van der Waals surface area contributed by atoms with E-state index < -0.39 is 0 Å². The van der Waals surface area contributed by atoms with Gasteiger partial charge in [0, 0.05) is 6.54 Å². The second-order valence-electron chi connectivity index (χ2n) is 4.09. The molecule has 2 fully saturated rings. The van der Waals surface area contributed by atoms with E-state index in [1.807, 2.05) is 6.92 Å². The molecule has 0 saturated carbocycles. The molecule has 0 radical (unpaired) electrons. The molecule has 70 valence electrons. The zero-order chi connectivity index (χ0) is 8.93. The Hall–Kier alpha value is -0.120. The molecule has 0 aromatic carbocycles. The molecular weight excluding hydrogens is 154 g/mol. The Bertz CT molecular complexity index is 183. The maximum absolute atomic E-state index is 9.95. The van der Waals surface area contributed by atoms with Crippen LogP contribution in [0.5, 0.6) is 0 Å². The average molecular weight is 171 g/mol. The van der Waals surface area contributed by atoms with Gasteiger partial charge in [0.05, 0.1) is 12.1 Å². The van der Waals surface area contributed by atoms with Crippen LogP contribution in [0.4, 0.5) is 0 Å². The van der Waals surface area contributed by atoms with Crippen LogP contribution in [0.1, 0.15) is 20.3 Å². The van der Waals surface area contributed by atoms with Crippen LogP contribution >= 0.6 is 0 Å². The highest BCUT2D eigenvalue weighted by atomic mass is 16.5. The van der Waals surface area contributed by atoms with Crippen LogP contribution in [-0.4, -0.2) is 47.4 Å². The number of nitrogens with zero attached hydrogens (tertiary/aromatic N) is 1. The molecule has 2 aliphatic heterocycles. The minimum absolute atomic E-state index is 0.179. The molecule has 0 amide bonds. The van der Waals surface area contributed by atoms with Crippen molar-refractivity contribution in [3.05, 3.63) is 0 Å². The van der Waals surface area contributed by atoms with E-state index in [-0.39, 0.29) is 23.9 Å². The van der Waals surface area contributed by atoms with Crippen molar-refractivity contribution >= 4 is 0 Å². The van der Waals surface area contributed by atoms with E-state index >= 15 is 0 Å². The average Bonchev–Trinajstić information content (AvgIpc) is 2.37. The molecule has 0 aromatic heterocycles. The van der Waals surface area contributed by atoms with Crippen molar-refractivity contribution in [2.45, 2.75) is 44.1 Å². The molecule has 3 heteroatoms. The minimum Gasteiger partial charge on any atom is -0.388 e. The van der Waals surface area contributed by atoms with Crippen LogP contribution in [-0.2, 0) is 4.74 Å². The SMILES string of the molecule is CC[C@@]12CN(C)[C@@H]([C@H](C)O1)[C@@H]2O. The molecule has 0 aromatic rings. The summed E-state index contributed by atoms with van der Waals surface area (Å²) in [5, 5.41) is 9.95. The molecule has 0 spiro atoms. The predicted molar refractivity (Wildman–Crippen MR) is 46.0 cm³/mol. The Kier molecular flexibility index (Phi) is 1.72. The van der Waals surface area contributed by atoms with Crippen molar-refractivity contribution in [2.75, 3.05) is 13.6 Å². The van der Waals surface area contributed by atoms with Crippen LogP contribution in [0.3, 0.4) is 0 Å². The van der Waals surface area contributed by atoms with Crippen molar-refractivity contribution in [1.82, 2.24) is 4.90 Å². The summed E-state index contributed by atoms with van der Waals surface area (Å²) in [4.78, 5) is 2.21. The van der Waals surface area contributed by atoms with Gasteiger partial charge in [0.1, 0.15) is 11.7 Å². The third-order valence-electron chi connectivity index (χ3n) is 3.39. The highest BCUT2D eigenvalue weighted by Crippen LogP contribution is 2.42. The standard InChI is InChI=1S/C9H17NO2/c1-4-9-5-10(3)7(8(9)11)6(2)12-9/h6-8,11H,4-5H2,1-3H3/t6-,7-,8-,9-/m0/s1. The second kappa shape index (κ2) is 2.44.